The van der Waals surface area contributed by atoms with Gasteiger partial charge in [-0.1, -0.05) is 52.1 Å². The molecule has 0 fully saturated rings. The maximum Gasteiger partial charge on any atom is 0.0454 e. The number of rotatable bonds is 9. The molecule has 0 amide bonds. The fourth-order valence-electron chi connectivity index (χ4n) is 2.23. The van der Waals surface area contributed by atoms with Crippen LogP contribution in [0.3, 0.4) is 0 Å². The minimum atomic E-state index is -1.04. The van der Waals surface area contributed by atoms with Gasteiger partial charge < -0.3 is 5.73 Å². The van der Waals surface area contributed by atoms with Crippen LogP contribution in [0.5, 0.6) is 0 Å². The second-order valence-corrected chi connectivity index (χ2v) is 12.5. The lowest BCUT2D eigenvalue weighted by Gasteiger charge is -2.21. The second-order valence-electron chi connectivity index (χ2n) is 6.99. The summed E-state index contributed by atoms with van der Waals surface area (Å²) in [5.41, 5.74) is 6.16. The highest BCUT2D eigenvalue weighted by atomic mass is 28.3. The molecule has 0 aliphatic rings. The molecule has 20 heavy (non-hydrogen) atoms. The Morgan fingerprint density at radius 2 is 1.80 bits per heavy atom. The molecule has 2 unspecified atom stereocenters. The van der Waals surface area contributed by atoms with E-state index in [9.17, 15) is 0 Å². The van der Waals surface area contributed by atoms with Gasteiger partial charge in [-0.2, -0.15) is 0 Å². The van der Waals surface area contributed by atoms with Crippen LogP contribution in [0.25, 0.3) is 0 Å². The maximum absolute atomic E-state index is 6.16. The molecule has 0 heterocycles. The second kappa shape index (κ2) is 11.2. The van der Waals surface area contributed by atoms with E-state index in [-0.39, 0.29) is 6.04 Å². The zero-order valence-corrected chi connectivity index (χ0v) is 15.3. The average molecular weight is 294 g/mol. The van der Waals surface area contributed by atoms with Gasteiger partial charge in [-0.25, -0.2) is 0 Å². The van der Waals surface area contributed by atoms with Crippen molar-refractivity contribution in [3.05, 3.63) is 12.2 Å². The van der Waals surface area contributed by atoms with Gasteiger partial charge in [-0.05, 0) is 31.7 Å². The van der Waals surface area contributed by atoms with Crippen molar-refractivity contribution in [3.8, 4) is 11.8 Å². The van der Waals surface area contributed by atoms with E-state index in [1.807, 2.05) is 0 Å². The molecule has 116 valence electrons. The first-order valence-corrected chi connectivity index (χ1v) is 12.0. The van der Waals surface area contributed by atoms with Crippen molar-refractivity contribution < 1.29 is 0 Å². The first-order chi connectivity index (χ1) is 9.39. The van der Waals surface area contributed by atoms with E-state index in [2.05, 4.69) is 57.5 Å². The van der Waals surface area contributed by atoms with Gasteiger partial charge in [0.05, 0.1) is 0 Å². The van der Waals surface area contributed by atoms with E-state index in [4.69, 9.17) is 5.73 Å². The zero-order chi connectivity index (χ0) is 15.4. The molecule has 2 atom stereocenters. The van der Waals surface area contributed by atoms with Gasteiger partial charge in [0.15, 0.2) is 0 Å². The van der Waals surface area contributed by atoms with Crippen LogP contribution >= 0.6 is 0 Å². The van der Waals surface area contributed by atoms with Crippen LogP contribution in [0.4, 0.5) is 0 Å². The summed E-state index contributed by atoms with van der Waals surface area (Å²) in [6.45, 7) is 11.7. The van der Waals surface area contributed by atoms with Gasteiger partial charge in [-0.3, -0.25) is 0 Å². The minimum absolute atomic E-state index is 0.207. The third-order valence-electron chi connectivity index (χ3n) is 3.23. The first-order valence-electron chi connectivity index (χ1n) is 8.29. The highest BCUT2D eigenvalue weighted by Gasteiger charge is 2.19. The number of unbranched alkanes of at least 4 members (excludes halogenated alkanes) is 2. The Hall–Kier alpha value is -0.523. The average Bonchev–Trinajstić information content (AvgIpc) is 2.35. The molecule has 1 nitrogen and oxygen atoms in total. The number of hydrogen-bond donors (Lipinski definition) is 1. The lowest BCUT2D eigenvalue weighted by molar-refractivity contribution is 0.579. The normalized spacial score (nSPS) is 14.9. The topological polar surface area (TPSA) is 26.0 Å². The highest BCUT2D eigenvalue weighted by molar-refractivity contribution is 6.76. The molecule has 0 aliphatic heterocycles. The van der Waals surface area contributed by atoms with Crippen molar-refractivity contribution in [1.82, 2.24) is 0 Å². The summed E-state index contributed by atoms with van der Waals surface area (Å²) in [4.78, 5) is 0. The van der Waals surface area contributed by atoms with Crippen molar-refractivity contribution in [3.63, 3.8) is 0 Å². The van der Waals surface area contributed by atoms with Gasteiger partial charge in [0.25, 0.3) is 0 Å². The van der Waals surface area contributed by atoms with E-state index in [1.54, 1.807) is 0 Å². The molecule has 0 rings (SSSR count). The van der Waals surface area contributed by atoms with Crippen LogP contribution in [0.1, 0.15) is 52.4 Å². The van der Waals surface area contributed by atoms with E-state index in [0.717, 1.165) is 32.1 Å². The predicted octanol–water partition coefficient (Wildman–Crippen LogP) is 5.21. The van der Waals surface area contributed by atoms with E-state index < -0.39 is 8.07 Å². The Balaban J connectivity index is 4.32. The fraction of sp³-hybridized carbons (Fsp3) is 0.778. The van der Waals surface area contributed by atoms with Crippen LogP contribution in [0.15, 0.2) is 12.2 Å². The quantitative estimate of drug-likeness (QED) is 0.352. The van der Waals surface area contributed by atoms with Gasteiger partial charge >= 0.3 is 0 Å². The van der Waals surface area contributed by atoms with Gasteiger partial charge in [0.2, 0.25) is 0 Å². The van der Waals surface area contributed by atoms with Crippen molar-refractivity contribution in [2.24, 2.45) is 11.7 Å². The third-order valence-corrected chi connectivity index (χ3v) is 4.94. The van der Waals surface area contributed by atoms with E-state index >= 15 is 0 Å². The molecular formula is C18H35NSi. The Morgan fingerprint density at radius 1 is 1.10 bits per heavy atom. The summed E-state index contributed by atoms with van der Waals surface area (Å²) in [5, 5.41) is 0. The minimum Gasteiger partial charge on any atom is -0.324 e. The molecule has 0 bridgehead atoms. The van der Waals surface area contributed by atoms with Crippen LogP contribution in [-0.4, -0.2) is 14.1 Å². The Labute approximate surface area is 128 Å². The highest BCUT2D eigenvalue weighted by Crippen LogP contribution is 2.21. The predicted molar refractivity (Wildman–Crippen MR) is 95.6 cm³/mol. The molecular weight excluding hydrogens is 258 g/mol. The summed E-state index contributed by atoms with van der Waals surface area (Å²) in [6.07, 6.45) is 11.1. The monoisotopic (exact) mass is 293 g/mol. The standard InChI is InChI=1S/C18H35NSi/c1-6-8-10-12-17(16-20(3,4)5)14-15-18(19)13-11-9-7-2/h11,13,17-18H,6-9,14-16,19H2,1-5H3/b13-11+. The van der Waals surface area contributed by atoms with Crippen LogP contribution in [0.2, 0.25) is 25.7 Å². The van der Waals surface area contributed by atoms with Gasteiger partial charge in [-0.15, -0.1) is 11.8 Å². The molecule has 0 radical (unpaired) electrons. The smallest absolute Gasteiger partial charge is 0.0454 e. The maximum atomic E-state index is 6.16. The van der Waals surface area contributed by atoms with Crippen LogP contribution in [0, 0.1) is 17.8 Å². The third kappa shape index (κ3) is 12.5. The SMILES string of the molecule is CCCC#CC(CCC(N)/C=C/CCC)C[Si](C)(C)C. The number of allylic oxidation sites excluding steroid dienone is 1. The summed E-state index contributed by atoms with van der Waals surface area (Å²) >= 11 is 0. The molecule has 0 saturated carbocycles. The van der Waals surface area contributed by atoms with Crippen LogP contribution in [-0.2, 0) is 0 Å². The van der Waals surface area contributed by atoms with E-state index in [1.165, 1.54) is 12.5 Å². The molecule has 0 aliphatic carbocycles. The molecule has 2 N–H and O–H groups in total. The Bertz CT molecular complexity index is 317. The van der Waals surface area contributed by atoms with Crippen molar-refractivity contribution in [2.45, 2.75) is 84.1 Å². The molecule has 0 aromatic heterocycles. The molecule has 2 heteroatoms. The summed E-state index contributed by atoms with van der Waals surface area (Å²) in [5.74, 6) is 7.41. The van der Waals surface area contributed by atoms with Crippen molar-refractivity contribution in [2.75, 3.05) is 0 Å². The number of hydrogen-bond acceptors (Lipinski definition) is 1. The zero-order valence-electron chi connectivity index (χ0n) is 14.3. The Morgan fingerprint density at radius 3 is 2.35 bits per heavy atom. The lowest BCUT2D eigenvalue weighted by atomic mass is 10.0. The van der Waals surface area contributed by atoms with Gasteiger partial charge in [0, 0.05) is 26.5 Å². The van der Waals surface area contributed by atoms with Crippen LogP contribution < -0.4 is 5.73 Å². The molecule has 0 aromatic carbocycles. The summed E-state index contributed by atoms with van der Waals surface area (Å²) in [7, 11) is -1.04. The number of nitrogens with two attached hydrogens (primary N) is 1. The molecule has 0 spiro atoms. The largest absolute Gasteiger partial charge is 0.324 e. The lowest BCUT2D eigenvalue weighted by Crippen LogP contribution is -2.25. The van der Waals surface area contributed by atoms with Gasteiger partial charge in [0.1, 0.15) is 0 Å². The van der Waals surface area contributed by atoms with Crippen molar-refractivity contribution in [1.29, 1.82) is 0 Å². The summed E-state index contributed by atoms with van der Waals surface area (Å²) < 4.78 is 0. The Kier molecular flexibility index (Phi) is 10.9. The first kappa shape index (κ1) is 19.5. The summed E-state index contributed by atoms with van der Waals surface area (Å²) in [6, 6.07) is 1.51. The molecule has 0 saturated heterocycles. The van der Waals surface area contributed by atoms with Crippen molar-refractivity contribution >= 4 is 8.07 Å². The van der Waals surface area contributed by atoms with E-state index in [0.29, 0.717) is 5.92 Å². The molecule has 0 aromatic rings. The fourth-order valence-corrected chi connectivity index (χ4v) is 4.02.